The largest absolute Gasteiger partial charge is 0.490 e. The molecule has 1 spiro atoms. The van der Waals surface area contributed by atoms with Crippen LogP contribution in [0.25, 0.3) is 0 Å². The number of carbonyl (C=O) groups is 2. The molecule has 2 amide bonds. The first-order valence-corrected chi connectivity index (χ1v) is 19.2. The molecule has 6 rings (SSSR count). The number of anilines is 1. The van der Waals surface area contributed by atoms with Gasteiger partial charge in [-0.3, -0.25) is 9.59 Å². The summed E-state index contributed by atoms with van der Waals surface area (Å²) < 4.78 is 40.4. The van der Waals surface area contributed by atoms with E-state index in [-0.39, 0.29) is 23.0 Å². The van der Waals surface area contributed by atoms with Gasteiger partial charge in [0.25, 0.3) is 5.91 Å². The quantitative estimate of drug-likeness (QED) is 0.468. The van der Waals surface area contributed by atoms with Gasteiger partial charge in [0.1, 0.15) is 5.75 Å². The Kier molecular flexibility index (Phi) is 10.3. The number of aryl methyl sites for hydroxylation is 1. The van der Waals surface area contributed by atoms with Gasteiger partial charge < -0.3 is 24.4 Å². The highest BCUT2D eigenvalue weighted by molar-refractivity contribution is 7.87. The van der Waals surface area contributed by atoms with Crippen LogP contribution in [0, 0.1) is 11.8 Å². The maximum atomic E-state index is 14.2. The lowest BCUT2D eigenvalue weighted by molar-refractivity contribution is -0.153. The summed E-state index contributed by atoms with van der Waals surface area (Å²) in [6, 6.07) is 11.1. The summed E-state index contributed by atoms with van der Waals surface area (Å²) in [5.74, 6) is -0.431. The fourth-order valence-electron chi connectivity index (χ4n) is 8.19. The summed E-state index contributed by atoms with van der Waals surface area (Å²) in [5.41, 5.74) is 0.404. The summed E-state index contributed by atoms with van der Waals surface area (Å²) in [6.07, 6.45) is 8.81. The molecule has 11 nitrogen and oxygen atoms in total. The van der Waals surface area contributed by atoms with Crippen LogP contribution >= 0.6 is 11.6 Å². The SMILES string of the molecule is CO[C@H]1/C=C/CCN(C)C(=O)C[C@](O)(C(=O)N(C)S(=O)(=O)N(C)C)c2ccc3c(c2)N(C[C@@H]2CC[C@H]21)C[C@@]1(CCCc2cc(Cl)ccc21)CO3. The number of halogens is 1. The fourth-order valence-corrected chi connectivity index (χ4v) is 9.24. The Morgan fingerprint density at radius 2 is 1.92 bits per heavy atom. The lowest BCUT2D eigenvalue weighted by Crippen LogP contribution is -2.52. The summed E-state index contributed by atoms with van der Waals surface area (Å²) in [5, 5.41) is 13.1. The number of hydrogen-bond acceptors (Lipinski definition) is 8. The van der Waals surface area contributed by atoms with Crippen LogP contribution in [0.15, 0.2) is 48.6 Å². The second-order valence-electron chi connectivity index (χ2n) is 14.6. The zero-order valence-electron chi connectivity index (χ0n) is 29.6. The molecule has 272 valence electrons. The Morgan fingerprint density at radius 3 is 2.62 bits per heavy atom. The predicted molar refractivity (Wildman–Crippen MR) is 193 cm³/mol. The number of ether oxygens (including phenoxy) is 2. The highest BCUT2D eigenvalue weighted by Gasteiger charge is 2.48. The molecule has 1 saturated carbocycles. The Hall–Kier alpha value is -3.16. The van der Waals surface area contributed by atoms with Crippen LogP contribution in [0.5, 0.6) is 5.75 Å². The number of fused-ring (bicyclic) bond motifs is 4. The van der Waals surface area contributed by atoms with E-state index in [1.807, 2.05) is 12.1 Å². The average Bonchev–Trinajstić information content (AvgIpc) is 3.23. The first-order chi connectivity index (χ1) is 23.7. The average molecular weight is 729 g/mol. The van der Waals surface area contributed by atoms with Gasteiger partial charge >= 0.3 is 10.2 Å². The van der Waals surface area contributed by atoms with Gasteiger partial charge in [0, 0.05) is 65.4 Å². The third-order valence-electron chi connectivity index (χ3n) is 11.4. The van der Waals surface area contributed by atoms with Crippen molar-refractivity contribution in [3.63, 3.8) is 0 Å². The first-order valence-electron chi connectivity index (χ1n) is 17.4. The number of aliphatic hydroxyl groups is 1. The van der Waals surface area contributed by atoms with E-state index in [4.69, 9.17) is 21.1 Å². The number of likely N-dealkylation sites (N-methyl/N-ethyl adjacent to an activating group) is 1. The van der Waals surface area contributed by atoms with E-state index in [1.54, 1.807) is 32.4 Å². The minimum Gasteiger partial charge on any atom is -0.490 e. The number of rotatable bonds is 4. The summed E-state index contributed by atoms with van der Waals surface area (Å²) in [7, 11) is 2.80. The maximum absolute atomic E-state index is 14.2. The van der Waals surface area contributed by atoms with Crippen LogP contribution in [-0.2, 0) is 42.0 Å². The number of nitrogens with zero attached hydrogens (tertiary/aromatic N) is 4. The highest BCUT2D eigenvalue weighted by Crippen LogP contribution is 2.48. The van der Waals surface area contributed by atoms with Crippen LogP contribution in [0.1, 0.15) is 55.2 Å². The second kappa shape index (κ2) is 14.1. The molecule has 2 aliphatic carbocycles. The molecule has 1 fully saturated rings. The molecular weight excluding hydrogens is 680 g/mol. The molecule has 0 radical (unpaired) electrons. The van der Waals surface area contributed by atoms with E-state index in [0.29, 0.717) is 59.3 Å². The van der Waals surface area contributed by atoms with Crippen LogP contribution in [0.3, 0.4) is 0 Å². The molecule has 2 aromatic carbocycles. The van der Waals surface area contributed by atoms with E-state index in [9.17, 15) is 23.1 Å². The van der Waals surface area contributed by atoms with Crippen molar-refractivity contribution in [1.29, 1.82) is 0 Å². The first kappa shape index (κ1) is 36.6. The molecule has 0 aromatic heterocycles. The zero-order chi connectivity index (χ0) is 36.0. The Morgan fingerprint density at radius 1 is 1.14 bits per heavy atom. The van der Waals surface area contributed by atoms with Crippen LogP contribution < -0.4 is 9.64 Å². The minimum atomic E-state index is -4.27. The van der Waals surface area contributed by atoms with Crippen molar-refractivity contribution >= 4 is 39.3 Å². The van der Waals surface area contributed by atoms with Crippen LogP contribution in [0.4, 0.5) is 5.69 Å². The van der Waals surface area contributed by atoms with Gasteiger partial charge in [-0.25, -0.2) is 4.31 Å². The molecule has 50 heavy (non-hydrogen) atoms. The smallest absolute Gasteiger partial charge is 0.305 e. The molecular formula is C37H49ClN4O7S. The van der Waals surface area contributed by atoms with Gasteiger partial charge in [-0.05, 0) is 91.3 Å². The van der Waals surface area contributed by atoms with Crippen LogP contribution in [-0.4, -0.2) is 106 Å². The monoisotopic (exact) mass is 728 g/mol. The highest BCUT2D eigenvalue weighted by atomic mass is 35.5. The van der Waals surface area contributed by atoms with Gasteiger partial charge in [0.05, 0.1) is 24.8 Å². The van der Waals surface area contributed by atoms with Crippen LogP contribution in [0.2, 0.25) is 5.02 Å². The normalized spacial score (nSPS) is 29.4. The summed E-state index contributed by atoms with van der Waals surface area (Å²) in [6.45, 7) is 2.08. The number of benzene rings is 2. The third kappa shape index (κ3) is 6.65. The predicted octanol–water partition coefficient (Wildman–Crippen LogP) is 4.12. The Bertz CT molecular complexity index is 1770. The topological polar surface area (TPSA) is 120 Å². The zero-order valence-corrected chi connectivity index (χ0v) is 31.2. The standard InChI is InChI=1S/C37H49ClN4O7S/c1-39(2)50(46,47)41(4)35(44)37(45)21-34(43)40(3)18-7-6-10-32(48-5)29-14-11-26(29)22-42-23-36(24-49-33-16-12-27(37)20-31(33)42)17-8-9-25-19-28(38)13-15-30(25)36/h6,10,12-13,15-16,19-20,26,29,32,45H,7-9,11,14,17-18,21-24H2,1-5H3/b10-6+/t26-,29+,32-,36-,37+/m0/s1. The van der Waals surface area contributed by atoms with E-state index < -0.39 is 34.0 Å². The minimum absolute atomic E-state index is 0.0694. The molecule has 5 atom stereocenters. The van der Waals surface area contributed by atoms with Crippen molar-refractivity contribution in [3.8, 4) is 5.75 Å². The van der Waals surface area contributed by atoms with Crippen molar-refractivity contribution in [2.45, 2.75) is 62.1 Å². The molecule has 2 aromatic rings. The van der Waals surface area contributed by atoms with Gasteiger partial charge in [0.2, 0.25) is 5.91 Å². The summed E-state index contributed by atoms with van der Waals surface area (Å²) in [4.78, 5) is 31.6. The second-order valence-corrected chi connectivity index (χ2v) is 17.2. The number of carbonyl (C=O) groups excluding carboxylic acids is 2. The number of amides is 2. The lowest BCUT2D eigenvalue weighted by atomic mass is 9.68. The van der Waals surface area contributed by atoms with E-state index >= 15 is 0 Å². The molecule has 13 heteroatoms. The Labute approximate surface area is 300 Å². The maximum Gasteiger partial charge on any atom is 0.305 e. The van der Waals surface area contributed by atoms with Crippen molar-refractivity contribution in [3.05, 3.63) is 70.3 Å². The molecule has 0 unspecified atom stereocenters. The van der Waals surface area contributed by atoms with Crippen molar-refractivity contribution in [2.75, 3.05) is 66.4 Å². The van der Waals surface area contributed by atoms with Crippen molar-refractivity contribution < 1.29 is 32.6 Å². The lowest BCUT2D eigenvalue weighted by Gasteiger charge is -2.46. The molecule has 4 aliphatic rings. The van der Waals surface area contributed by atoms with Gasteiger partial charge in [-0.1, -0.05) is 35.9 Å². The molecule has 2 aliphatic heterocycles. The summed E-state index contributed by atoms with van der Waals surface area (Å²) >= 11 is 6.45. The molecule has 2 bridgehead atoms. The van der Waals surface area contributed by atoms with E-state index in [1.165, 1.54) is 30.1 Å². The fraction of sp³-hybridized carbons (Fsp3) is 0.568. The van der Waals surface area contributed by atoms with Crippen molar-refractivity contribution in [1.82, 2.24) is 13.5 Å². The molecule has 0 saturated heterocycles. The number of methoxy groups -OCH3 is 1. The molecule has 1 N–H and O–H groups in total. The third-order valence-corrected chi connectivity index (χ3v) is 13.4. The Balaban J connectivity index is 1.50. The number of hydrogen-bond donors (Lipinski definition) is 1. The van der Waals surface area contributed by atoms with Gasteiger partial charge in [-0.2, -0.15) is 12.7 Å². The van der Waals surface area contributed by atoms with Gasteiger partial charge in [0.15, 0.2) is 5.60 Å². The van der Waals surface area contributed by atoms with Crippen molar-refractivity contribution in [2.24, 2.45) is 11.8 Å². The van der Waals surface area contributed by atoms with E-state index in [2.05, 4.69) is 23.1 Å². The van der Waals surface area contributed by atoms with Gasteiger partial charge in [-0.15, -0.1) is 0 Å². The molecule has 2 heterocycles. The van der Waals surface area contributed by atoms with E-state index in [0.717, 1.165) is 43.5 Å².